The summed E-state index contributed by atoms with van der Waals surface area (Å²) in [6, 6.07) is 1.39. The third kappa shape index (κ3) is 3.38. The average Bonchev–Trinajstić information content (AvgIpc) is 2.26. The Labute approximate surface area is 105 Å². The van der Waals surface area contributed by atoms with Gasteiger partial charge in [-0.1, -0.05) is 24.9 Å². The minimum absolute atomic E-state index is 0.0827. The van der Waals surface area contributed by atoms with Crippen LogP contribution in [0.15, 0.2) is 6.07 Å². The van der Waals surface area contributed by atoms with Gasteiger partial charge >= 0.3 is 0 Å². The van der Waals surface area contributed by atoms with Crippen molar-refractivity contribution < 1.29 is 9.50 Å². The van der Waals surface area contributed by atoms with Gasteiger partial charge < -0.3 is 21.9 Å². The van der Waals surface area contributed by atoms with Crippen molar-refractivity contribution in [2.45, 2.75) is 25.9 Å². The highest BCUT2D eigenvalue weighted by atomic mass is 35.5. The lowest BCUT2D eigenvalue weighted by atomic mass is 10.2. The standard InChI is InChI=1S/C11H17ClFN3O/c1-2-3-6(17)5-16-11-8(15)4-7(14)9(12)10(11)13/h4,6,16-17H,2-3,5,14-15H2,1H3. The molecule has 0 saturated heterocycles. The molecule has 0 bridgehead atoms. The van der Waals surface area contributed by atoms with Gasteiger partial charge in [0.15, 0.2) is 5.82 Å². The minimum atomic E-state index is -0.687. The van der Waals surface area contributed by atoms with Crippen molar-refractivity contribution in [3.05, 3.63) is 16.9 Å². The second-order valence-electron chi connectivity index (χ2n) is 3.88. The van der Waals surface area contributed by atoms with E-state index in [1.54, 1.807) is 0 Å². The van der Waals surface area contributed by atoms with Gasteiger partial charge in [-0.05, 0) is 12.5 Å². The molecular formula is C11H17ClFN3O. The molecule has 0 saturated carbocycles. The number of halogens is 2. The van der Waals surface area contributed by atoms with Crippen LogP contribution in [0.25, 0.3) is 0 Å². The molecule has 0 aliphatic rings. The number of anilines is 3. The molecule has 4 nitrogen and oxygen atoms in total. The molecule has 0 aliphatic carbocycles. The van der Waals surface area contributed by atoms with Gasteiger partial charge in [0.05, 0.1) is 23.2 Å². The van der Waals surface area contributed by atoms with E-state index in [2.05, 4.69) is 5.32 Å². The second-order valence-corrected chi connectivity index (χ2v) is 4.26. The Hall–Kier alpha value is -1.20. The molecule has 0 aromatic heterocycles. The lowest BCUT2D eigenvalue weighted by Crippen LogP contribution is -2.20. The van der Waals surface area contributed by atoms with Crippen LogP contribution in [0, 0.1) is 5.82 Å². The molecule has 1 unspecified atom stereocenters. The third-order valence-corrected chi connectivity index (χ3v) is 2.79. The summed E-state index contributed by atoms with van der Waals surface area (Å²) in [6.07, 6.45) is 0.940. The van der Waals surface area contributed by atoms with E-state index < -0.39 is 11.9 Å². The van der Waals surface area contributed by atoms with E-state index in [-0.39, 0.29) is 28.6 Å². The van der Waals surface area contributed by atoms with Crippen LogP contribution in [-0.4, -0.2) is 17.8 Å². The SMILES string of the molecule is CCCC(O)CNc1c(N)cc(N)c(Cl)c1F. The topological polar surface area (TPSA) is 84.3 Å². The van der Waals surface area contributed by atoms with Gasteiger partial charge in [0, 0.05) is 6.54 Å². The Morgan fingerprint density at radius 2 is 2.12 bits per heavy atom. The largest absolute Gasteiger partial charge is 0.397 e. The number of hydrogen-bond acceptors (Lipinski definition) is 4. The maximum absolute atomic E-state index is 13.7. The fourth-order valence-electron chi connectivity index (χ4n) is 1.50. The highest BCUT2D eigenvalue weighted by Gasteiger charge is 2.14. The molecular weight excluding hydrogens is 245 g/mol. The molecule has 1 aromatic rings. The van der Waals surface area contributed by atoms with E-state index in [1.807, 2.05) is 6.92 Å². The maximum atomic E-state index is 13.7. The zero-order chi connectivity index (χ0) is 13.0. The van der Waals surface area contributed by atoms with Crippen LogP contribution >= 0.6 is 11.6 Å². The van der Waals surface area contributed by atoms with Crippen molar-refractivity contribution in [1.82, 2.24) is 0 Å². The zero-order valence-corrected chi connectivity index (χ0v) is 10.4. The summed E-state index contributed by atoms with van der Waals surface area (Å²) in [6.45, 7) is 2.17. The monoisotopic (exact) mass is 261 g/mol. The lowest BCUT2D eigenvalue weighted by molar-refractivity contribution is 0.176. The van der Waals surface area contributed by atoms with Gasteiger partial charge in [0.2, 0.25) is 0 Å². The molecule has 1 atom stereocenters. The summed E-state index contributed by atoms with van der Waals surface area (Å²) in [5.41, 5.74) is 11.4. The quantitative estimate of drug-likeness (QED) is 0.613. The van der Waals surface area contributed by atoms with Crippen molar-refractivity contribution in [3.8, 4) is 0 Å². The predicted molar refractivity (Wildman–Crippen MR) is 69.6 cm³/mol. The van der Waals surface area contributed by atoms with Crippen LogP contribution in [0.4, 0.5) is 21.5 Å². The van der Waals surface area contributed by atoms with Gasteiger partial charge in [0.25, 0.3) is 0 Å². The van der Waals surface area contributed by atoms with E-state index in [9.17, 15) is 9.50 Å². The third-order valence-electron chi connectivity index (χ3n) is 2.40. The first-order valence-electron chi connectivity index (χ1n) is 5.42. The Morgan fingerprint density at radius 3 is 2.71 bits per heavy atom. The highest BCUT2D eigenvalue weighted by Crippen LogP contribution is 2.33. The van der Waals surface area contributed by atoms with Crippen LogP contribution in [0.1, 0.15) is 19.8 Å². The molecule has 1 aromatic carbocycles. The fourth-order valence-corrected chi connectivity index (χ4v) is 1.65. The number of hydrogen-bond donors (Lipinski definition) is 4. The number of nitrogens with two attached hydrogens (primary N) is 2. The van der Waals surface area contributed by atoms with Gasteiger partial charge in [-0.3, -0.25) is 0 Å². The summed E-state index contributed by atoms with van der Waals surface area (Å²) in [5, 5.41) is 12.1. The summed E-state index contributed by atoms with van der Waals surface area (Å²) >= 11 is 5.67. The van der Waals surface area contributed by atoms with Crippen LogP contribution in [0.5, 0.6) is 0 Å². The first-order chi connectivity index (χ1) is 7.97. The fraction of sp³-hybridized carbons (Fsp3) is 0.455. The Kier molecular flexibility index (Phi) is 4.84. The Bertz CT molecular complexity index is 401. The molecule has 0 aliphatic heterocycles. The van der Waals surface area contributed by atoms with Crippen molar-refractivity contribution in [3.63, 3.8) is 0 Å². The molecule has 0 radical (unpaired) electrons. The molecule has 0 amide bonds. The van der Waals surface area contributed by atoms with Crippen LogP contribution in [-0.2, 0) is 0 Å². The second kappa shape index (κ2) is 5.93. The van der Waals surface area contributed by atoms with E-state index in [0.717, 1.165) is 6.42 Å². The van der Waals surface area contributed by atoms with Crippen molar-refractivity contribution in [1.29, 1.82) is 0 Å². The van der Waals surface area contributed by atoms with Crippen LogP contribution in [0.3, 0.4) is 0 Å². The summed E-state index contributed by atoms with van der Waals surface area (Å²) in [7, 11) is 0. The molecule has 17 heavy (non-hydrogen) atoms. The van der Waals surface area contributed by atoms with Crippen molar-refractivity contribution in [2.24, 2.45) is 0 Å². The molecule has 0 fully saturated rings. The number of nitrogen functional groups attached to an aromatic ring is 2. The van der Waals surface area contributed by atoms with Gasteiger partial charge in [0.1, 0.15) is 5.02 Å². The molecule has 0 spiro atoms. The normalized spacial score (nSPS) is 12.5. The Morgan fingerprint density at radius 1 is 1.47 bits per heavy atom. The van der Waals surface area contributed by atoms with E-state index in [1.165, 1.54) is 6.07 Å². The summed E-state index contributed by atoms with van der Waals surface area (Å²) < 4.78 is 13.7. The zero-order valence-electron chi connectivity index (χ0n) is 9.63. The molecule has 0 heterocycles. The molecule has 96 valence electrons. The van der Waals surface area contributed by atoms with Gasteiger partial charge in [-0.2, -0.15) is 0 Å². The number of nitrogens with one attached hydrogen (secondary N) is 1. The van der Waals surface area contributed by atoms with E-state index in [4.69, 9.17) is 23.1 Å². The van der Waals surface area contributed by atoms with E-state index in [0.29, 0.717) is 6.42 Å². The summed E-state index contributed by atoms with van der Waals surface area (Å²) in [5.74, 6) is -0.687. The lowest BCUT2D eigenvalue weighted by Gasteiger charge is -2.15. The molecule has 1 rings (SSSR count). The van der Waals surface area contributed by atoms with Crippen molar-refractivity contribution in [2.75, 3.05) is 23.3 Å². The highest BCUT2D eigenvalue weighted by molar-refractivity contribution is 6.33. The molecule has 6 N–H and O–H groups in total. The van der Waals surface area contributed by atoms with E-state index >= 15 is 0 Å². The maximum Gasteiger partial charge on any atom is 0.169 e. The Balaban J connectivity index is 2.81. The summed E-state index contributed by atoms with van der Waals surface area (Å²) in [4.78, 5) is 0. The van der Waals surface area contributed by atoms with Gasteiger partial charge in [-0.25, -0.2) is 4.39 Å². The first-order valence-corrected chi connectivity index (χ1v) is 5.80. The molecule has 6 heteroatoms. The van der Waals surface area contributed by atoms with Crippen LogP contribution in [0.2, 0.25) is 5.02 Å². The predicted octanol–water partition coefficient (Wildman–Crippen LogP) is 2.22. The number of rotatable bonds is 5. The smallest absolute Gasteiger partial charge is 0.169 e. The number of aliphatic hydroxyl groups is 1. The first kappa shape index (κ1) is 13.9. The number of aliphatic hydroxyl groups excluding tert-OH is 1. The number of benzene rings is 1. The van der Waals surface area contributed by atoms with Crippen molar-refractivity contribution >= 4 is 28.7 Å². The average molecular weight is 262 g/mol. The minimum Gasteiger partial charge on any atom is -0.397 e. The van der Waals surface area contributed by atoms with Crippen LogP contribution < -0.4 is 16.8 Å². The van der Waals surface area contributed by atoms with Gasteiger partial charge in [-0.15, -0.1) is 0 Å².